The first kappa shape index (κ1) is 22.7. The van der Waals surface area contributed by atoms with Gasteiger partial charge < -0.3 is 14.9 Å². The predicted octanol–water partition coefficient (Wildman–Crippen LogP) is 4.02. The number of fused-ring (bicyclic) bond motifs is 1. The van der Waals surface area contributed by atoms with Gasteiger partial charge in [0, 0.05) is 6.54 Å². The van der Waals surface area contributed by atoms with Gasteiger partial charge in [-0.05, 0) is 45.0 Å². The van der Waals surface area contributed by atoms with Gasteiger partial charge in [0.2, 0.25) is 0 Å². The van der Waals surface area contributed by atoms with E-state index in [9.17, 15) is 14.0 Å². The zero-order chi connectivity index (χ0) is 23.5. The van der Waals surface area contributed by atoms with Gasteiger partial charge in [-0.2, -0.15) is 0 Å². The Morgan fingerprint density at radius 1 is 1.15 bits per heavy atom. The molecular weight excluding hydrogens is 443 g/mol. The zero-order valence-corrected chi connectivity index (χ0v) is 19.2. The minimum absolute atomic E-state index is 0.0264. The Morgan fingerprint density at radius 3 is 2.64 bits per heavy atom. The first-order valence-corrected chi connectivity index (χ1v) is 11.4. The molecule has 0 aliphatic heterocycles. The molecule has 1 amide bonds. The number of hydrogen-bond donors (Lipinski definition) is 2. The van der Waals surface area contributed by atoms with Crippen molar-refractivity contribution in [2.45, 2.75) is 43.8 Å². The maximum atomic E-state index is 13.9. The highest BCUT2D eigenvalue weighted by molar-refractivity contribution is 7.99. The standard InChI is InChI=1S/C23H23FN6O2S/c1-4-30-20(13(2)25-21(31)15-9-5-7-11-17(15)24)28-29-23(30)33-14(3)19-26-18-12-8-6-10-16(18)22(32)27-19/h5-14H,4H2,1-3H3,(H,25,31)(H,26,27,32)/t13-,14+/m0/s1. The van der Waals surface area contributed by atoms with Gasteiger partial charge in [-0.25, -0.2) is 9.37 Å². The molecule has 2 N–H and O–H groups in total. The number of aromatic nitrogens is 5. The topological polar surface area (TPSA) is 106 Å². The van der Waals surface area contributed by atoms with Crippen LogP contribution in [0.3, 0.4) is 0 Å². The van der Waals surface area contributed by atoms with Crippen molar-refractivity contribution in [3.05, 3.63) is 81.9 Å². The van der Waals surface area contributed by atoms with E-state index in [1.165, 1.54) is 30.0 Å². The number of thioether (sulfide) groups is 1. The Labute approximate surface area is 193 Å². The van der Waals surface area contributed by atoms with Crippen molar-refractivity contribution in [2.75, 3.05) is 0 Å². The summed E-state index contributed by atoms with van der Waals surface area (Å²) in [6.07, 6.45) is 0. The number of nitrogens with zero attached hydrogens (tertiary/aromatic N) is 4. The number of benzene rings is 2. The highest BCUT2D eigenvalue weighted by atomic mass is 32.2. The molecule has 0 unspecified atom stereocenters. The second-order valence-electron chi connectivity index (χ2n) is 7.49. The van der Waals surface area contributed by atoms with Crippen LogP contribution in [-0.4, -0.2) is 30.6 Å². The molecule has 0 aliphatic rings. The van der Waals surface area contributed by atoms with Crippen molar-refractivity contribution in [3.8, 4) is 0 Å². The molecule has 0 radical (unpaired) electrons. The lowest BCUT2D eigenvalue weighted by molar-refractivity contribution is 0.0933. The van der Waals surface area contributed by atoms with Crippen LogP contribution in [0.5, 0.6) is 0 Å². The Kier molecular flexibility index (Phi) is 6.55. The first-order valence-electron chi connectivity index (χ1n) is 10.5. The van der Waals surface area contributed by atoms with Gasteiger partial charge in [-0.1, -0.05) is 36.0 Å². The number of carbonyl (C=O) groups is 1. The molecule has 4 rings (SSSR count). The summed E-state index contributed by atoms with van der Waals surface area (Å²) in [5, 5.41) is 12.3. The van der Waals surface area contributed by atoms with E-state index in [1.807, 2.05) is 24.5 Å². The molecule has 0 aliphatic carbocycles. The van der Waals surface area contributed by atoms with Crippen LogP contribution in [0, 0.1) is 5.82 Å². The van der Waals surface area contributed by atoms with E-state index in [0.717, 1.165) is 0 Å². The molecule has 33 heavy (non-hydrogen) atoms. The molecule has 4 aromatic rings. The number of nitrogens with one attached hydrogen (secondary N) is 2. The lowest BCUT2D eigenvalue weighted by Crippen LogP contribution is -2.29. The molecule has 0 fully saturated rings. The molecule has 0 bridgehead atoms. The number of rotatable bonds is 7. The van der Waals surface area contributed by atoms with Gasteiger partial charge in [0.25, 0.3) is 11.5 Å². The fourth-order valence-electron chi connectivity index (χ4n) is 3.50. The molecule has 8 nitrogen and oxygen atoms in total. The highest BCUT2D eigenvalue weighted by Gasteiger charge is 2.23. The summed E-state index contributed by atoms with van der Waals surface area (Å²) in [4.78, 5) is 32.3. The largest absolute Gasteiger partial charge is 0.342 e. The third kappa shape index (κ3) is 4.65. The fraction of sp³-hybridized carbons (Fsp3) is 0.261. The smallest absolute Gasteiger partial charge is 0.258 e. The molecule has 0 saturated heterocycles. The quantitative estimate of drug-likeness (QED) is 0.399. The van der Waals surface area contributed by atoms with E-state index in [1.54, 1.807) is 31.2 Å². The molecule has 0 spiro atoms. The maximum absolute atomic E-state index is 13.9. The molecule has 2 heterocycles. The van der Waals surface area contributed by atoms with Crippen molar-refractivity contribution in [2.24, 2.45) is 0 Å². The maximum Gasteiger partial charge on any atom is 0.258 e. The Balaban J connectivity index is 1.54. The van der Waals surface area contributed by atoms with Crippen LogP contribution in [0.2, 0.25) is 0 Å². The zero-order valence-electron chi connectivity index (χ0n) is 18.4. The summed E-state index contributed by atoms with van der Waals surface area (Å²) in [6.45, 7) is 6.22. The lowest BCUT2D eigenvalue weighted by Gasteiger charge is -2.16. The number of hydrogen-bond acceptors (Lipinski definition) is 6. The van der Waals surface area contributed by atoms with Gasteiger partial charge in [0.1, 0.15) is 11.6 Å². The minimum Gasteiger partial charge on any atom is -0.342 e. The SMILES string of the molecule is CCn1c(S[C@H](C)c2nc3ccccc3c(=O)[nH]2)nnc1[C@H](C)NC(=O)c1ccccc1F. The van der Waals surface area contributed by atoms with E-state index < -0.39 is 17.8 Å². The third-order valence-corrected chi connectivity index (χ3v) is 6.30. The summed E-state index contributed by atoms with van der Waals surface area (Å²) in [5.41, 5.74) is 0.414. The molecule has 10 heteroatoms. The highest BCUT2D eigenvalue weighted by Crippen LogP contribution is 2.33. The van der Waals surface area contributed by atoms with Crippen LogP contribution in [0.4, 0.5) is 4.39 Å². The minimum atomic E-state index is -0.582. The number of amides is 1. The molecule has 2 atom stereocenters. The van der Waals surface area contributed by atoms with Crippen molar-refractivity contribution in [1.29, 1.82) is 0 Å². The van der Waals surface area contributed by atoms with Crippen LogP contribution in [-0.2, 0) is 6.54 Å². The summed E-state index contributed by atoms with van der Waals surface area (Å²) in [5.74, 6) is -0.0125. The molecular formula is C23H23FN6O2S. The Morgan fingerprint density at radius 2 is 1.88 bits per heavy atom. The second-order valence-corrected chi connectivity index (χ2v) is 8.80. The average molecular weight is 467 g/mol. The van der Waals surface area contributed by atoms with E-state index in [4.69, 9.17) is 0 Å². The summed E-state index contributed by atoms with van der Waals surface area (Å²) >= 11 is 1.41. The van der Waals surface area contributed by atoms with Crippen molar-refractivity contribution in [1.82, 2.24) is 30.0 Å². The number of H-pyrrole nitrogens is 1. The number of aromatic amines is 1. The average Bonchev–Trinajstić information content (AvgIpc) is 3.21. The predicted molar refractivity (Wildman–Crippen MR) is 125 cm³/mol. The number of halogens is 1. The van der Waals surface area contributed by atoms with Gasteiger partial charge in [-0.3, -0.25) is 9.59 Å². The lowest BCUT2D eigenvalue weighted by atomic mass is 10.2. The first-order chi connectivity index (χ1) is 15.9. The monoisotopic (exact) mass is 466 g/mol. The normalized spacial score (nSPS) is 13.1. The molecule has 2 aromatic carbocycles. The summed E-state index contributed by atoms with van der Waals surface area (Å²) < 4.78 is 15.8. The number of para-hydroxylation sites is 1. The van der Waals surface area contributed by atoms with Crippen molar-refractivity contribution >= 4 is 28.6 Å². The number of carbonyl (C=O) groups excluding carboxylic acids is 1. The van der Waals surface area contributed by atoms with Crippen LogP contribution in [0.15, 0.2) is 58.5 Å². The van der Waals surface area contributed by atoms with Crippen molar-refractivity contribution < 1.29 is 9.18 Å². The van der Waals surface area contributed by atoms with Gasteiger partial charge in [0.15, 0.2) is 11.0 Å². The molecule has 0 saturated carbocycles. The fourth-order valence-corrected chi connectivity index (χ4v) is 4.48. The van der Waals surface area contributed by atoms with Crippen LogP contribution in [0.1, 0.15) is 54.1 Å². The Bertz CT molecular complexity index is 1370. The summed E-state index contributed by atoms with van der Waals surface area (Å²) in [7, 11) is 0. The molecule has 2 aromatic heterocycles. The van der Waals surface area contributed by atoms with Crippen molar-refractivity contribution in [3.63, 3.8) is 0 Å². The van der Waals surface area contributed by atoms with Crippen LogP contribution in [0.25, 0.3) is 10.9 Å². The van der Waals surface area contributed by atoms with Crippen LogP contribution < -0.4 is 10.9 Å². The van der Waals surface area contributed by atoms with Gasteiger partial charge in [-0.15, -0.1) is 10.2 Å². The second kappa shape index (κ2) is 9.53. The van der Waals surface area contributed by atoms with E-state index in [-0.39, 0.29) is 16.4 Å². The van der Waals surface area contributed by atoms with E-state index in [2.05, 4.69) is 25.5 Å². The van der Waals surface area contributed by atoms with Gasteiger partial charge in [0.05, 0.1) is 27.8 Å². The third-order valence-electron chi connectivity index (χ3n) is 5.21. The summed E-state index contributed by atoms with van der Waals surface area (Å²) in [6, 6.07) is 12.5. The van der Waals surface area contributed by atoms with Crippen LogP contribution >= 0.6 is 11.8 Å². The Hall–Kier alpha value is -3.53. The van der Waals surface area contributed by atoms with Gasteiger partial charge >= 0.3 is 0 Å². The van der Waals surface area contributed by atoms with E-state index >= 15 is 0 Å². The van der Waals surface area contributed by atoms with E-state index in [0.29, 0.717) is 34.3 Å². The molecule has 170 valence electrons.